The second kappa shape index (κ2) is 10.2. The third kappa shape index (κ3) is 5.54. The summed E-state index contributed by atoms with van der Waals surface area (Å²) in [6.45, 7) is -0.404. The number of anilines is 1. The summed E-state index contributed by atoms with van der Waals surface area (Å²) in [5.41, 5.74) is 1.13. The van der Waals surface area contributed by atoms with Crippen LogP contribution >= 0.6 is 61.9 Å². The van der Waals surface area contributed by atoms with Crippen molar-refractivity contribution >= 4 is 90.7 Å². The highest BCUT2D eigenvalue weighted by molar-refractivity contribution is 14.1. The lowest BCUT2D eigenvalue weighted by Gasteiger charge is -2.13. The van der Waals surface area contributed by atoms with Crippen molar-refractivity contribution in [2.45, 2.75) is 0 Å². The lowest BCUT2D eigenvalue weighted by Crippen LogP contribution is -2.36. The molecule has 1 heterocycles. The quantitative estimate of drug-likeness (QED) is 0.338. The Morgan fingerprint density at radius 1 is 1.26 bits per heavy atom. The molecule has 11 heteroatoms. The van der Waals surface area contributed by atoms with Gasteiger partial charge in [-0.25, -0.2) is 0 Å². The van der Waals surface area contributed by atoms with Crippen LogP contribution in [0.4, 0.5) is 10.5 Å². The van der Waals surface area contributed by atoms with Gasteiger partial charge in [-0.05, 0) is 92.3 Å². The molecule has 3 amide bonds. The van der Waals surface area contributed by atoms with Crippen molar-refractivity contribution in [3.05, 3.63) is 53.9 Å². The van der Waals surface area contributed by atoms with Crippen LogP contribution in [0.5, 0.6) is 11.5 Å². The molecule has 0 atom stereocenters. The first-order valence-electron chi connectivity index (χ1n) is 8.65. The second-order valence-electron chi connectivity index (χ2n) is 6.18. The van der Waals surface area contributed by atoms with E-state index >= 15 is 0 Å². The van der Waals surface area contributed by atoms with Crippen LogP contribution in [0.2, 0.25) is 5.02 Å². The van der Waals surface area contributed by atoms with Crippen LogP contribution in [0.3, 0.4) is 0 Å². The molecule has 1 saturated heterocycles. The minimum Gasteiger partial charge on any atom is -0.493 e. The molecule has 0 unspecified atom stereocenters. The van der Waals surface area contributed by atoms with E-state index in [-0.39, 0.29) is 4.91 Å². The van der Waals surface area contributed by atoms with Gasteiger partial charge in [0.2, 0.25) is 5.91 Å². The molecule has 2 aromatic carbocycles. The molecule has 1 N–H and O–H groups in total. The third-order valence-electron chi connectivity index (χ3n) is 4.13. The van der Waals surface area contributed by atoms with E-state index in [9.17, 15) is 14.4 Å². The topological polar surface area (TPSA) is 84.9 Å². The maximum atomic E-state index is 12.7. The number of rotatable bonds is 6. The number of methoxy groups -OCH3 is 2. The van der Waals surface area contributed by atoms with Crippen molar-refractivity contribution < 1.29 is 23.9 Å². The molecular formula is C20H15BrClIN2O5S. The van der Waals surface area contributed by atoms with Crippen LogP contribution < -0.4 is 14.8 Å². The van der Waals surface area contributed by atoms with Gasteiger partial charge in [0.1, 0.15) is 6.54 Å². The van der Waals surface area contributed by atoms with Gasteiger partial charge in [-0.3, -0.25) is 19.3 Å². The lowest BCUT2D eigenvalue weighted by atomic mass is 10.2. The molecule has 0 saturated carbocycles. The number of nitrogens with one attached hydrogen (secondary N) is 1. The monoisotopic (exact) mass is 636 g/mol. The minimum atomic E-state index is -0.538. The fraction of sp³-hybridized carbons (Fsp3) is 0.150. The maximum absolute atomic E-state index is 12.7. The highest BCUT2D eigenvalue weighted by Crippen LogP contribution is 2.37. The summed E-state index contributed by atoms with van der Waals surface area (Å²) in [6.07, 6.45) is 1.58. The number of halogens is 3. The van der Waals surface area contributed by atoms with Crippen molar-refractivity contribution in [1.29, 1.82) is 0 Å². The number of hydrogen-bond donors (Lipinski definition) is 1. The zero-order valence-electron chi connectivity index (χ0n) is 16.2. The zero-order valence-corrected chi connectivity index (χ0v) is 21.5. The lowest BCUT2D eigenvalue weighted by molar-refractivity contribution is -0.127. The number of hydrogen-bond acceptors (Lipinski definition) is 6. The summed E-state index contributed by atoms with van der Waals surface area (Å²) in [4.78, 5) is 38.5. The Balaban J connectivity index is 1.75. The van der Waals surface area contributed by atoms with Crippen LogP contribution in [0.1, 0.15) is 5.56 Å². The van der Waals surface area contributed by atoms with E-state index in [4.69, 9.17) is 21.1 Å². The van der Waals surface area contributed by atoms with Gasteiger partial charge in [0.25, 0.3) is 11.1 Å². The highest BCUT2D eigenvalue weighted by Gasteiger charge is 2.36. The van der Waals surface area contributed by atoms with Crippen LogP contribution in [-0.4, -0.2) is 42.7 Å². The van der Waals surface area contributed by atoms with E-state index in [0.29, 0.717) is 32.2 Å². The number of ether oxygens (including phenoxy) is 2. The normalized spacial score (nSPS) is 14.9. The van der Waals surface area contributed by atoms with Crippen molar-refractivity contribution in [2.75, 3.05) is 26.1 Å². The summed E-state index contributed by atoms with van der Waals surface area (Å²) < 4.78 is 12.1. The van der Waals surface area contributed by atoms with E-state index in [2.05, 4.69) is 43.8 Å². The molecule has 1 fully saturated rings. The van der Waals surface area contributed by atoms with Crippen molar-refractivity contribution in [2.24, 2.45) is 0 Å². The molecule has 162 valence electrons. The fourth-order valence-electron chi connectivity index (χ4n) is 2.73. The SMILES string of the molecule is COc1cc(/C=C2/SC(=O)N(CC(=O)Nc3ccc(Br)c(Cl)c3)C2=O)cc(I)c1OC. The Morgan fingerprint density at radius 2 is 2.00 bits per heavy atom. The molecule has 0 bridgehead atoms. The van der Waals surface area contributed by atoms with Crippen LogP contribution in [-0.2, 0) is 9.59 Å². The molecule has 2 aromatic rings. The molecule has 0 aliphatic carbocycles. The molecule has 0 spiro atoms. The Bertz CT molecular complexity index is 1110. The fourth-order valence-corrected chi connectivity index (χ4v) is 4.84. The largest absolute Gasteiger partial charge is 0.493 e. The summed E-state index contributed by atoms with van der Waals surface area (Å²) in [7, 11) is 3.06. The molecule has 0 aromatic heterocycles. The molecule has 7 nitrogen and oxygen atoms in total. The molecular weight excluding hydrogens is 623 g/mol. The Morgan fingerprint density at radius 3 is 2.65 bits per heavy atom. The summed E-state index contributed by atoms with van der Waals surface area (Å²) >= 11 is 12.2. The number of benzene rings is 2. The van der Waals surface area contributed by atoms with Crippen LogP contribution in [0, 0.1) is 3.57 Å². The standard InChI is InChI=1S/C20H15BrClIN2O5S/c1-29-15-6-10(5-14(23)18(15)30-2)7-16-19(27)25(20(28)31-16)9-17(26)24-11-3-4-12(21)13(22)8-11/h3-8H,9H2,1-2H3,(H,24,26)/b16-7+. The van der Waals surface area contributed by atoms with Gasteiger partial charge in [-0.1, -0.05) is 11.6 Å². The van der Waals surface area contributed by atoms with Crippen molar-refractivity contribution in [3.63, 3.8) is 0 Å². The highest BCUT2D eigenvalue weighted by atomic mass is 127. The van der Waals surface area contributed by atoms with E-state index in [0.717, 1.165) is 20.2 Å². The number of imide groups is 1. The number of thioether (sulfide) groups is 1. The van der Waals surface area contributed by atoms with E-state index in [1.165, 1.54) is 14.2 Å². The maximum Gasteiger partial charge on any atom is 0.294 e. The van der Waals surface area contributed by atoms with E-state index < -0.39 is 23.6 Å². The average Bonchev–Trinajstić information content (AvgIpc) is 2.97. The van der Waals surface area contributed by atoms with Gasteiger partial charge in [-0.2, -0.15) is 0 Å². The smallest absolute Gasteiger partial charge is 0.294 e. The Kier molecular flexibility index (Phi) is 7.89. The first kappa shape index (κ1) is 23.9. The Hall–Kier alpha value is -1.76. The number of nitrogens with zero attached hydrogens (tertiary/aromatic N) is 1. The van der Waals surface area contributed by atoms with Gasteiger partial charge in [0, 0.05) is 10.2 Å². The average molecular weight is 638 g/mol. The van der Waals surface area contributed by atoms with Gasteiger partial charge in [0.15, 0.2) is 11.5 Å². The third-order valence-corrected chi connectivity index (χ3v) is 7.07. The molecule has 31 heavy (non-hydrogen) atoms. The molecule has 1 aliphatic rings. The van der Waals surface area contributed by atoms with Crippen molar-refractivity contribution in [3.8, 4) is 11.5 Å². The van der Waals surface area contributed by atoms with E-state index in [1.807, 2.05) is 0 Å². The first-order valence-corrected chi connectivity index (χ1v) is 11.7. The van der Waals surface area contributed by atoms with Gasteiger partial charge < -0.3 is 14.8 Å². The second-order valence-corrected chi connectivity index (χ2v) is 9.60. The first-order chi connectivity index (χ1) is 14.7. The number of carbonyl (C=O) groups is 3. The zero-order chi connectivity index (χ0) is 22.7. The summed E-state index contributed by atoms with van der Waals surface area (Å²) in [5.74, 6) is 0.0388. The molecule has 3 rings (SSSR count). The van der Waals surface area contributed by atoms with Gasteiger partial charge >= 0.3 is 0 Å². The van der Waals surface area contributed by atoms with Crippen LogP contribution in [0.15, 0.2) is 39.7 Å². The minimum absolute atomic E-state index is 0.215. The van der Waals surface area contributed by atoms with Crippen LogP contribution in [0.25, 0.3) is 6.08 Å². The Labute approximate surface area is 209 Å². The van der Waals surface area contributed by atoms with Crippen molar-refractivity contribution in [1.82, 2.24) is 4.90 Å². The molecule has 0 radical (unpaired) electrons. The van der Waals surface area contributed by atoms with Gasteiger partial charge in [0.05, 0.1) is 27.7 Å². The number of amides is 3. The predicted molar refractivity (Wildman–Crippen MR) is 133 cm³/mol. The van der Waals surface area contributed by atoms with E-state index in [1.54, 1.807) is 36.4 Å². The summed E-state index contributed by atoms with van der Waals surface area (Å²) in [6, 6.07) is 8.42. The molecule has 1 aliphatic heterocycles. The van der Waals surface area contributed by atoms with Gasteiger partial charge in [-0.15, -0.1) is 0 Å². The summed E-state index contributed by atoms with van der Waals surface area (Å²) in [5, 5.41) is 2.54. The predicted octanol–water partition coefficient (Wildman–Crippen LogP) is 5.40. The number of carbonyl (C=O) groups excluding carboxylic acids is 3.